The summed E-state index contributed by atoms with van der Waals surface area (Å²) in [5.74, 6) is -2.14. The molecule has 0 aliphatic rings. The van der Waals surface area contributed by atoms with Gasteiger partial charge in [0.05, 0.1) is 25.2 Å². The number of ketones is 1. The number of carbonyl (C=O) groups is 2. The molecule has 0 saturated carbocycles. The summed E-state index contributed by atoms with van der Waals surface area (Å²) in [6, 6.07) is 5.84. The molecule has 0 amide bonds. The van der Waals surface area contributed by atoms with Crippen LogP contribution in [0, 0.1) is 11.6 Å². The largest absolute Gasteiger partial charge is 0.490 e. The van der Waals surface area contributed by atoms with Gasteiger partial charge in [0.25, 0.3) is 0 Å². The molecule has 0 aliphatic carbocycles. The molecule has 0 aliphatic heterocycles. The molecule has 2 aromatic rings. The van der Waals surface area contributed by atoms with Crippen molar-refractivity contribution in [2.75, 3.05) is 19.8 Å². The molecule has 8 heteroatoms. The Kier molecular flexibility index (Phi) is 7.92. The first kappa shape index (κ1) is 21.8. The molecule has 0 saturated heterocycles. The van der Waals surface area contributed by atoms with Crippen LogP contribution in [0.15, 0.2) is 34.8 Å². The van der Waals surface area contributed by atoms with E-state index in [1.165, 1.54) is 0 Å². The lowest BCUT2D eigenvalue weighted by Crippen LogP contribution is -2.17. The Morgan fingerprint density at radius 3 is 2.29 bits per heavy atom. The summed E-state index contributed by atoms with van der Waals surface area (Å²) in [6.45, 7) is 3.84. The standard InChI is InChI=1S/C20H19BrF2O5/c1-3-26-18-7-12(15(21)10-19(18)27-4-2)8-20(25)28-11-17(24)14-9-13(22)5-6-16(14)23/h5-7,9-10H,3-4,8,11H2,1-2H3. The van der Waals surface area contributed by atoms with Gasteiger partial charge in [-0.25, -0.2) is 8.78 Å². The summed E-state index contributed by atoms with van der Waals surface area (Å²) in [5, 5.41) is 0. The molecular weight excluding hydrogens is 438 g/mol. The van der Waals surface area contributed by atoms with Crippen molar-refractivity contribution in [1.82, 2.24) is 0 Å². The Bertz CT molecular complexity index is 870. The second-order valence-corrected chi connectivity index (χ2v) is 6.50. The van der Waals surface area contributed by atoms with E-state index in [4.69, 9.17) is 14.2 Å². The van der Waals surface area contributed by atoms with Crippen LogP contribution in [0.1, 0.15) is 29.8 Å². The van der Waals surface area contributed by atoms with Crippen molar-refractivity contribution in [1.29, 1.82) is 0 Å². The summed E-state index contributed by atoms with van der Waals surface area (Å²) < 4.78 is 43.3. The molecule has 0 atom stereocenters. The first-order valence-electron chi connectivity index (χ1n) is 8.57. The van der Waals surface area contributed by atoms with Crippen LogP contribution in [0.25, 0.3) is 0 Å². The number of hydrogen-bond acceptors (Lipinski definition) is 5. The Morgan fingerprint density at radius 1 is 1.00 bits per heavy atom. The summed E-state index contributed by atoms with van der Waals surface area (Å²) in [4.78, 5) is 24.1. The highest BCUT2D eigenvalue weighted by atomic mass is 79.9. The smallest absolute Gasteiger partial charge is 0.310 e. The van der Waals surface area contributed by atoms with Gasteiger partial charge < -0.3 is 14.2 Å². The lowest BCUT2D eigenvalue weighted by Gasteiger charge is -2.14. The van der Waals surface area contributed by atoms with E-state index in [0.29, 0.717) is 34.7 Å². The monoisotopic (exact) mass is 456 g/mol. The van der Waals surface area contributed by atoms with Crippen molar-refractivity contribution in [3.05, 3.63) is 57.6 Å². The lowest BCUT2D eigenvalue weighted by molar-refractivity contribution is -0.141. The molecule has 0 N–H and O–H groups in total. The normalized spacial score (nSPS) is 10.5. The third kappa shape index (κ3) is 5.76. The molecule has 0 bridgehead atoms. The number of carbonyl (C=O) groups excluding carboxylic acids is 2. The zero-order valence-corrected chi connectivity index (χ0v) is 17.0. The van der Waals surface area contributed by atoms with Gasteiger partial charge in [-0.1, -0.05) is 15.9 Å². The molecule has 0 aromatic heterocycles. The highest BCUT2D eigenvalue weighted by Gasteiger charge is 2.17. The van der Waals surface area contributed by atoms with Crippen molar-refractivity contribution >= 4 is 27.7 Å². The molecule has 0 spiro atoms. The molecule has 0 unspecified atom stereocenters. The highest BCUT2D eigenvalue weighted by molar-refractivity contribution is 9.10. The second kappa shape index (κ2) is 10.2. The van der Waals surface area contributed by atoms with Gasteiger partial charge in [0.2, 0.25) is 5.78 Å². The Morgan fingerprint density at radius 2 is 1.64 bits per heavy atom. The first-order chi connectivity index (χ1) is 13.3. The van der Waals surface area contributed by atoms with E-state index in [1.54, 1.807) is 12.1 Å². The van der Waals surface area contributed by atoms with Crippen molar-refractivity contribution in [3.8, 4) is 11.5 Å². The van der Waals surface area contributed by atoms with E-state index in [1.807, 2.05) is 13.8 Å². The average Bonchev–Trinajstić information content (AvgIpc) is 2.65. The number of rotatable bonds is 9. The number of esters is 1. The summed E-state index contributed by atoms with van der Waals surface area (Å²) in [7, 11) is 0. The minimum absolute atomic E-state index is 0.147. The third-order valence-electron chi connectivity index (χ3n) is 3.64. The van der Waals surface area contributed by atoms with Crippen LogP contribution in [0.5, 0.6) is 11.5 Å². The van der Waals surface area contributed by atoms with Gasteiger partial charge in [0.15, 0.2) is 18.1 Å². The third-order valence-corrected chi connectivity index (χ3v) is 4.38. The van der Waals surface area contributed by atoms with Crippen LogP contribution >= 0.6 is 15.9 Å². The Labute approximate surface area is 169 Å². The van der Waals surface area contributed by atoms with E-state index in [0.717, 1.165) is 18.2 Å². The predicted octanol–water partition coefficient (Wildman–Crippen LogP) is 4.49. The summed E-state index contributed by atoms with van der Waals surface area (Å²) in [6.07, 6.45) is -0.147. The van der Waals surface area contributed by atoms with Gasteiger partial charge in [0, 0.05) is 4.47 Å². The fourth-order valence-electron chi connectivity index (χ4n) is 2.39. The van der Waals surface area contributed by atoms with Crippen LogP contribution in [0.4, 0.5) is 8.78 Å². The van der Waals surface area contributed by atoms with Gasteiger partial charge >= 0.3 is 5.97 Å². The second-order valence-electron chi connectivity index (χ2n) is 5.64. The number of Topliss-reactive ketones (excluding diaryl/α,β-unsaturated/α-hetero) is 1. The summed E-state index contributed by atoms with van der Waals surface area (Å²) in [5.41, 5.74) is 0.106. The number of hydrogen-bond donors (Lipinski definition) is 0. The molecule has 28 heavy (non-hydrogen) atoms. The zero-order chi connectivity index (χ0) is 20.7. The lowest BCUT2D eigenvalue weighted by atomic mass is 10.1. The Balaban J connectivity index is 2.05. The SMILES string of the molecule is CCOc1cc(Br)c(CC(=O)OCC(=O)c2cc(F)ccc2F)cc1OCC. The van der Waals surface area contributed by atoms with Crippen molar-refractivity contribution in [3.63, 3.8) is 0 Å². The van der Waals surface area contributed by atoms with Crippen LogP contribution in [0.3, 0.4) is 0 Å². The molecule has 2 aromatic carbocycles. The van der Waals surface area contributed by atoms with Crippen LogP contribution in [-0.4, -0.2) is 31.6 Å². The van der Waals surface area contributed by atoms with Crippen LogP contribution in [-0.2, 0) is 16.0 Å². The van der Waals surface area contributed by atoms with Crippen molar-refractivity contribution < 1.29 is 32.6 Å². The molecule has 150 valence electrons. The van der Waals surface area contributed by atoms with Gasteiger partial charge in [0.1, 0.15) is 11.6 Å². The quantitative estimate of drug-likeness (QED) is 0.410. The van der Waals surface area contributed by atoms with E-state index in [9.17, 15) is 18.4 Å². The summed E-state index contributed by atoms with van der Waals surface area (Å²) >= 11 is 3.36. The van der Waals surface area contributed by atoms with E-state index >= 15 is 0 Å². The van der Waals surface area contributed by atoms with Gasteiger partial charge in [-0.2, -0.15) is 0 Å². The number of benzene rings is 2. The van der Waals surface area contributed by atoms with Crippen molar-refractivity contribution in [2.45, 2.75) is 20.3 Å². The maximum absolute atomic E-state index is 13.6. The van der Waals surface area contributed by atoms with Gasteiger partial charge in [-0.05, 0) is 49.7 Å². The molecular formula is C20H19BrF2O5. The number of halogens is 3. The molecule has 5 nitrogen and oxygen atoms in total. The fraction of sp³-hybridized carbons (Fsp3) is 0.300. The van der Waals surface area contributed by atoms with Gasteiger partial charge in [-0.15, -0.1) is 0 Å². The van der Waals surface area contributed by atoms with E-state index in [-0.39, 0.29) is 6.42 Å². The van der Waals surface area contributed by atoms with E-state index in [2.05, 4.69) is 15.9 Å². The van der Waals surface area contributed by atoms with Crippen LogP contribution in [0.2, 0.25) is 0 Å². The minimum Gasteiger partial charge on any atom is -0.490 e. The zero-order valence-electron chi connectivity index (χ0n) is 15.4. The van der Waals surface area contributed by atoms with Gasteiger partial charge in [-0.3, -0.25) is 9.59 Å². The highest BCUT2D eigenvalue weighted by Crippen LogP contribution is 2.34. The Hall–Kier alpha value is -2.48. The number of ether oxygens (including phenoxy) is 3. The average molecular weight is 457 g/mol. The maximum Gasteiger partial charge on any atom is 0.310 e. The minimum atomic E-state index is -0.877. The maximum atomic E-state index is 13.6. The van der Waals surface area contributed by atoms with Crippen molar-refractivity contribution in [2.24, 2.45) is 0 Å². The molecule has 0 radical (unpaired) electrons. The predicted molar refractivity (Wildman–Crippen MR) is 102 cm³/mol. The molecule has 0 heterocycles. The topological polar surface area (TPSA) is 61.8 Å². The fourth-order valence-corrected chi connectivity index (χ4v) is 2.85. The van der Waals surface area contributed by atoms with Crippen LogP contribution < -0.4 is 9.47 Å². The molecule has 0 fully saturated rings. The first-order valence-corrected chi connectivity index (χ1v) is 9.36. The molecule has 2 rings (SSSR count). The van der Waals surface area contributed by atoms with E-state index < -0.39 is 35.6 Å².